The molecule has 0 saturated heterocycles. The van der Waals surface area contributed by atoms with Gasteiger partial charge in [0.15, 0.2) is 0 Å². The number of hydrogen-bond acceptors (Lipinski definition) is 3. The molecular formula is C28H39N3O2. The maximum atomic E-state index is 13.7. The monoisotopic (exact) mass is 449 g/mol. The number of carbonyl (C=O) groups excluding carboxylic acids is 2. The molecule has 178 valence electrons. The number of anilines is 2. The van der Waals surface area contributed by atoms with Crippen LogP contribution < -0.4 is 10.2 Å². The molecule has 1 atom stereocenters. The molecule has 0 radical (unpaired) electrons. The molecule has 1 aliphatic rings. The second kappa shape index (κ2) is 10.4. The van der Waals surface area contributed by atoms with Crippen molar-refractivity contribution in [2.45, 2.75) is 71.9 Å². The average Bonchev–Trinajstić information content (AvgIpc) is 3.57. The van der Waals surface area contributed by atoms with Crippen molar-refractivity contribution in [3.05, 3.63) is 59.7 Å². The zero-order valence-electron chi connectivity index (χ0n) is 21.0. The maximum Gasteiger partial charge on any atom is 0.230 e. The Morgan fingerprint density at radius 2 is 1.73 bits per heavy atom. The number of carbonyl (C=O) groups is 2. The molecule has 0 aromatic heterocycles. The summed E-state index contributed by atoms with van der Waals surface area (Å²) in [5, 5.41) is 3.05. The van der Waals surface area contributed by atoms with E-state index in [9.17, 15) is 9.59 Å². The lowest BCUT2D eigenvalue weighted by molar-refractivity contribution is -0.134. The first-order valence-electron chi connectivity index (χ1n) is 12.0. The quantitative estimate of drug-likeness (QED) is 0.525. The molecule has 1 aliphatic carbocycles. The summed E-state index contributed by atoms with van der Waals surface area (Å²) in [6.07, 6.45) is 3.34. The van der Waals surface area contributed by atoms with Gasteiger partial charge in [0.2, 0.25) is 11.8 Å². The van der Waals surface area contributed by atoms with E-state index in [4.69, 9.17) is 0 Å². The Balaban J connectivity index is 1.86. The summed E-state index contributed by atoms with van der Waals surface area (Å²) in [7, 11) is 4.03. The van der Waals surface area contributed by atoms with Crippen LogP contribution >= 0.6 is 0 Å². The maximum absolute atomic E-state index is 13.7. The van der Waals surface area contributed by atoms with E-state index in [1.807, 2.05) is 62.6 Å². The summed E-state index contributed by atoms with van der Waals surface area (Å²) in [6, 6.07) is 16.4. The highest BCUT2D eigenvalue weighted by atomic mass is 16.2. The van der Waals surface area contributed by atoms with Crippen molar-refractivity contribution in [2.75, 3.05) is 24.3 Å². The van der Waals surface area contributed by atoms with E-state index in [2.05, 4.69) is 42.8 Å². The van der Waals surface area contributed by atoms with Crippen LogP contribution in [0.25, 0.3) is 0 Å². The molecule has 3 rings (SSSR count). The lowest BCUT2D eigenvalue weighted by Gasteiger charge is -2.29. The Bertz CT molecular complexity index is 959. The Morgan fingerprint density at radius 1 is 1.06 bits per heavy atom. The van der Waals surface area contributed by atoms with Crippen LogP contribution in [-0.2, 0) is 16.1 Å². The summed E-state index contributed by atoms with van der Waals surface area (Å²) < 4.78 is 0. The predicted molar refractivity (Wildman–Crippen MR) is 137 cm³/mol. The van der Waals surface area contributed by atoms with Gasteiger partial charge >= 0.3 is 0 Å². The van der Waals surface area contributed by atoms with Crippen molar-refractivity contribution >= 4 is 23.2 Å². The van der Waals surface area contributed by atoms with E-state index in [0.29, 0.717) is 19.0 Å². The molecular weight excluding hydrogens is 410 g/mol. The van der Waals surface area contributed by atoms with Gasteiger partial charge in [-0.1, -0.05) is 58.0 Å². The third-order valence-electron chi connectivity index (χ3n) is 6.06. The second-order valence-electron chi connectivity index (χ2n) is 10.6. The average molecular weight is 450 g/mol. The van der Waals surface area contributed by atoms with Gasteiger partial charge in [0.05, 0.1) is 5.92 Å². The number of nitrogens with zero attached hydrogens (tertiary/aromatic N) is 2. The van der Waals surface area contributed by atoms with Crippen LogP contribution in [0, 0.1) is 5.41 Å². The van der Waals surface area contributed by atoms with Crippen LogP contribution in [0.1, 0.15) is 70.4 Å². The normalized spacial score (nSPS) is 14.5. The fourth-order valence-corrected chi connectivity index (χ4v) is 4.31. The molecule has 33 heavy (non-hydrogen) atoms. The highest BCUT2D eigenvalue weighted by Gasteiger charge is 2.36. The summed E-state index contributed by atoms with van der Waals surface area (Å²) in [4.78, 5) is 30.3. The number of nitrogens with one attached hydrogen (secondary N) is 1. The van der Waals surface area contributed by atoms with Gasteiger partial charge in [-0.2, -0.15) is 0 Å². The minimum atomic E-state index is -0.135. The molecule has 5 heteroatoms. The van der Waals surface area contributed by atoms with Gasteiger partial charge in [0.25, 0.3) is 0 Å². The lowest BCUT2D eigenvalue weighted by atomic mass is 9.92. The van der Waals surface area contributed by atoms with Crippen molar-refractivity contribution in [2.24, 2.45) is 5.41 Å². The standard InChI is InChI=1S/C28H39N3O2/c1-7-24(20-11-9-8-10-12-20)27(33)31(23-14-15-23)19-21-17-22(13-16-25(21)30(5)6)29-26(32)18-28(2,3)4/h8-13,16-17,23-24H,7,14-15,18-19H2,1-6H3,(H,29,32)/t24-/m0/s1. The second-order valence-corrected chi connectivity index (χ2v) is 10.6. The van der Waals surface area contributed by atoms with Crippen molar-refractivity contribution < 1.29 is 9.59 Å². The minimum Gasteiger partial charge on any atom is -0.377 e. The van der Waals surface area contributed by atoms with Crippen molar-refractivity contribution in [1.29, 1.82) is 0 Å². The molecule has 1 N–H and O–H groups in total. The van der Waals surface area contributed by atoms with Crippen LogP contribution in [0.2, 0.25) is 0 Å². The van der Waals surface area contributed by atoms with Crippen LogP contribution in [0.5, 0.6) is 0 Å². The summed E-state index contributed by atoms with van der Waals surface area (Å²) in [6.45, 7) is 8.80. The largest absolute Gasteiger partial charge is 0.377 e. The van der Waals surface area contributed by atoms with Crippen molar-refractivity contribution in [3.8, 4) is 0 Å². The van der Waals surface area contributed by atoms with Crippen molar-refractivity contribution in [1.82, 2.24) is 4.90 Å². The zero-order valence-corrected chi connectivity index (χ0v) is 21.0. The third-order valence-corrected chi connectivity index (χ3v) is 6.06. The summed E-state index contributed by atoms with van der Waals surface area (Å²) >= 11 is 0. The third kappa shape index (κ3) is 6.83. The van der Waals surface area contributed by atoms with Crippen LogP contribution in [-0.4, -0.2) is 36.9 Å². The highest BCUT2D eigenvalue weighted by molar-refractivity contribution is 5.91. The van der Waals surface area contributed by atoms with Gasteiger partial charge in [-0.15, -0.1) is 0 Å². The summed E-state index contributed by atoms with van der Waals surface area (Å²) in [5.74, 6) is 0.0682. The molecule has 2 aromatic rings. The Morgan fingerprint density at radius 3 is 2.27 bits per heavy atom. The van der Waals surface area contributed by atoms with E-state index in [0.717, 1.165) is 41.8 Å². The zero-order chi connectivity index (χ0) is 24.2. The van der Waals surface area contributed by atoms with Gasteiger partial charge < -0.3 is 15.1 Å². The first-order chi connectivity index (χ1) is 15.6. The lowest BCUT2D eigenvalue weighted by Crippen LogP contribution is -2.36. The van der Waals surface area contributed by atoms with Crippen molar-refractivity contribution in [3.63, 3.8) is 0 Å². The van der Waals surface area contributed by atoms with E-state index in [-0.39, 0.29) is 23.1 Å². The molecule has 0 heterocycles. The fourth-order valence-electron chi connectivity index (χ4n) is 4.31. The molecule has 0 unspecified atom stereocenters. The Hall–Kier alpha value is -2.82. The molecule has 2 amide bonds. The van der Waals surface area contributed by atoms with Gasteiger partial charge in [0, 0.05) is 44.5 Å². The molecule has 1 saturated carbocycles. The molecule has 0 aliphatic heterocycles. The number of amides is 2. The summed E-state index contributed by atoms with van der Waals surface area (Å²) in [5.41, 5.74) is 3.90. The smallest absolute Gasteiger partial charge is 0.230 e. The molecule has 0 spiro atoms. The first kappa shape index (κ1) is 24.8. The van der Waals surface area contributed by atoms with Gasteiger partial charge in [-0.05, 0) is 54.0 Å². The van der Waals surface area contributed by atoms with Gasteiger partial charge in [-0.3, -0.25) is 9.59 Å². The molecule has 1 fully saturated rings. The molecule has 5 nitrogen and oxygen atoms in total. The van der Waals surface area contributed by atoms with E-state index in [1.165, 1.54) is 0 Å². The first-order valence-corrected chi connectivity index (χ1v) is 12.0. The van der Waals surface area contributed by atoms with E-state index < -0.39 is 0 Å². The van der Waals surface area contributed by atoms with Crippen LogP contribution in [0.3, 0.4) is 0 Å². The fraction of sp³-hybridized carbons (Fsp3) is 0.500. The van der Waals surface area contributed by atoms with Crippen LogP contribution in [0.4, 0.5) is 11.4 Å². The van der Waals surface area contributed by atoms with E-state index in [1.54, 1.807) is 0 Å². The predicted octanol–water partition coefficient (Wildman–Crippen LogP) is 5.81. The van der Waals surface area contributed by atoms with Gasteiger partial charge in [-0.25, -0.2) is 0 Å². The molecule has 2 aromatic carbocycles. The topological polar surface area (TPSA) is 52.7 Å². The number of rotatable bonds is 9. The SMILES string of the molecule is CC[C@H](C(=O)N(Cc1cc(NC(=O)CC(C)(C)C)ccc1N(C)C)C1CC1)c1ccccc1. The van der Waals surface area contributed by atoms with E-state index >= 15 is 0 Å². The molecule has 0 bridgehead atoms. The number of benzene rings is 2. The Labute approximate surface area is 199 Å². The number of hydrogen-bond donors (Lipinski definition) is 1. The Kier molecular flexibility index (Phi) is 7.83. The van der Waals surface area contributed by atoms with Crippen LogP contribution in [0.15, 0.2) is 48.5 Å². The minimum absolute atomic E-state index is 0.0105. The highest BCUT2D eigenvalue weighted by Crippen LogP contribution is 2.35. The van der Waals surface area contributed by atoms with Gasteiger partial charge in [0.1, 0.15) is 0 Å².